The van der Waals surface area contributed by atoms with Gasteiger partial charge < -0.3 is 10.1 Å². The SMILES string of the molecule is C=C(C)COCCN1CC(CC)NCC1CC. The first-order chi connectivity index (χ1) is 8.17. The lowest BCUT2D eigenvalue weighted by Gasteiger charge is -2.39. The maximum Gasteiger partial charge on any atom is 0.0672 e. The van der Waals surface area contributed by atoms with Crippen LogP contribution in [0.5, 0.6) is 0 Å². The summed E-state index contributed by atoms with van der Waals surface area (Å²) in [6.07, 6.45) is 2.42. The van der Waals surface area contributed by atoms with E-state index in [0.29, 0.717) is 18.7 Å². The van der Waals surface area contributed by atoms with Gasteiger partial charge >= 0.3 is 0 Å². The molecule has 100 valence electrons. The smallest absolute Gasteiger partial charge is 0.0672 e. The van der Waals surface area contributed by atoms with Gasteiger partial charge in [-0.3, -0.25) is 4.90 Å². The Morgan fingerprint density at radius 2 is 2.18 bits per heavy atom. The Morgan fingerprint density at radius 3 is 2.76 bits per heavy atom. The molecule has 2 unspecified atom stereocenters. The number of nitrogens with zero attached hydrogens (tertiary/aromatic N) is 1. The van der Waals surface area contributed by atoms with Crippen molar-refractivity contribution in [1.82, 2.24) is 10.2 Å². The zero-order valence-corrected chi connectivity index (χ0v) is 11.7. The lowest BCUT2D eigenvalue weighted by Crippen LogP contribution is -2.56. The lowest BCUT2D eigenvalue weighted by atomic mass is 10.1. The molecule has 0 aromatic rings. The summed E-state index contributed by atoms with van der Waals surface area (Å²) in [5.41, 5.74) is 1.10. The van der Waals surface area contributed by atoms with Gasteiger partial charge in [0, 0.05) is 31.7 Å². The van der Waals surface area contributed by atoms with Crippen LogP contribution in [0.25, 0.3) is 0 Å². The maximum atomic E-state index is 5.60. The van der Waals surface area contributed by atoms with Gasteiger partial charge in [-0.05, 0) is 19.8 Å². The van der Waals surface area contributed by atoms with Crippen molar-refractivity contribution in [3.63, 3.8) is 0 Å². The third kappa shape index (κ3) is 5.19. The molecule has 3 nitrogen and oxygen atoms in total. The first-order valence-electron chi connectivity index (χ1n) is 6.86. The van der Waals surface area contributed by atoms with Gasteiger partial charge in [-0.15, -0.1) is 0 Å². The molecule has 1 N–H and O–H groups in total. The molecule has 1 heterocycles. The molecule has 0 bridgehead atoms. The molecule has 3 heteroatoms. The van der Waals surface area contributed by atoms with Gasteiger partial charge in [0.15, 0.2) is 0 Å². The summed E-state index contributed by atoms with van der Waals surface area (Å²) in [6.45, 7) is 15.2. The highest BCUT2D eigenvalue weighted by molar-refractivity contribution is 4.88. The standard InChI is InChI=1S/C14H28N2O/c1-5-13-10-16(14(6-2)9-15-13)7-8-17-11-12(3)4/h13-15H,3,5-11H2,1-2,4H3. The van der Waals surface area contributed by atoms with E-state index < -0.39 is 0 Å². The highest BCUT2D eigenvalue weighted by atomic mass is 16.5. The number of nitrogens with one attached hydrogen (secondary N) is 1. The first-order valence-corrected chi connectivity index (χ1v) is 6.86. The molecule has 17 heavy (non-hydrogen) atoms. The second kappa shape index (κ2) is 7.85. The molecule has 0 aromatic carbocycles. The van der Waals surface area contributed by atoms with Crippen molar-refractivity contribution in [2.24, 2.45) is 0 Å². The molecule has 1 fully saturated rings. The topological polar surface area (TPSA) is 24.5 Å². The Bertz CT molecular complexity index is 230. The van der Waals surface area contributed by atoms with Gasteiger partial charge in [-0.1, -0.05) is 26.0 Å². The molecule has 0 spiro atoms. The van der Waals surface area contributed by atoms with Gasteiger partial charge in [0.2, 0.25) is 0 Å². The van der Waals surface area contributed by atoms with Gasteiger partial charge in [0.1, 0.15) is 0 Å². The van der Waals surface area contributed by atoms with Crippen molar-refractivity contribution in [1.29, 1.82) is 0 Å². The third-order valence-electron chi connectivity index (χ3n) is 3.45. The summed E-state index contributed by atoms with van der Waals surface area (Å²) in [5, 5.41) is 3.61. The number of piperazine rings is 1. The Hall–Kier alpha value is -0.380. The number of ether oxygens (including phenoxy) is 1. The highest BCUT2D eigenvalue weighted by Gasteiger charge is 2.25. The predicted octanol–water partition coefficient (Wildman–Crippen LogP) is 2.04. The molecular weight excluding hydrogens is 212 g/mol. The molecule has 2 atom stereocenters. The summed E-state index contributed by atoms with van der Waals surface area (Å²) in [6, 6.07) is 1.32. The van der Waals surface area contributed by atoms with Gasteiger partial charge in [0.25, 0.3) is 0 Å². The van der Waals surface area contributed by atoms with Crippen molar-refractivity contribution < 1.29 is 4.74 Å². The minimum atomic E-state index is 0.652. The second-order valence-electron chi connectivity index (χ2n) is 5.08. The van der Waals surface area contributed by atoms with Crippen LogP contribution in [0.15, 0.2) is 12.2 Å². The zero-order chi connectivity index (χ0) is 12.7. The van der Waals surface area contributed by atoms with Crippen LogP contribution in [0.3, 0.4) is 0 Å². The van der Waals surface area contributed by atoms with Crippen molar-refractivity contribution in [3.8, 4) is 0 Å². The molecule has 1 aliphatic rings. The van der Waals surface area contributed by atoms with E-state index in [1.807, 2.05) is 6.92 Å². The molecule has 0 aromatic heterocycles. The fourth-order valence-electron chi connectivity index (χ4n) is 2.31. The van der Waals surface area contributed by atoms with E-state index in [2.05, 4.69) is 30.6 Å². The molecule has 1 aliphatic heterocycles. The molecular formula is C14H28N2O. The highest BCUT2D eigenvalue weighted by Crippen LogP contribution is 2.11. The van der Waals surface area contributed by atoms with Crippen LogP contribution in [0, 0.1) is 0 Å². The molecule has 0 radical (unpaired) electrons. The minimum Gasteiger partial charge on any atom is -0.376 e. The summed E-state index contributed by atoms with van der Waals surface area (Å²) < 4.78 is 5.60. The summed E-state index contributed by atoms with van der Waals surface area (Å²) in [5.74, 6) is 0. The van der Waals surface area contributed by atoms with Crippen molar-refractivity contribution in [3.05, 3.63) is 12.2 Å². The molecule has 0 amide bonds. The molecule has 0 saturated carbocycles. The van der Waals surface area contributed by atoms with E-state index in [1.54, 1.807) is 0 Å². The average Bonchev–Trinajstić information content (AvgIpc) is 2.34. The minimum absolute atomic E-state index is 0.652. The van der Waals surface area contributed by atoms with E-state index >= 15 is 0 Å². The number of hydrogen-bond acceptors (Lipinski definition) is 3. The monoisotopic (exact) mass is 240 g/mol. The summed E-state index contributed by atoms with van der Waals surface area (Å²) >= 11 is 0. The number of hydrogen-bond donors (Lipinski definition) is 1. The fourth-order valence-corrected chi connectivity index (χ4v) is 2.31. The van der Waals surface area contributed by atoms with E-state index in [-0.39, 0.29) is 0 Å². The fraction of sp³-hybridized carbons (Fsp3) is 0.857. The van der Waals surface area contributed by atoms with Gasteiger partial charge in [-0.2, -0.15) is 0 Å². The average molecular weight is 240 g/mol. The summed E-state index contributed by atoms with van der Waals surface area (Å²) in [4.78, 5) is 2.57. The second-order valence-corrected chi connectivity index (χ2v) is 5.08. The molecule has 1 saturated heterocycles. The van der Waals surface area contributed by atoms with E-state index in [9.17, 15) is 0 Å². The molecule has 0 aliphatic carbocycles. The van der Waals surface area contributed by atoms with Crippen molar-refractivity contribution >= 4 is 0 Å². The number of rotatable bonds is 7. The van der Waals surface area contributed by atoms with E-state index in [4.69, 9.17) is 4.74 Å². The van der Waals surface area contributed by atoms with Crippen LogP contribution in [0.4, 0.5) is 0 Å². The largest absolute Gasteiger partial charge is 0.376 e. The van der Waals surface area contributed by atoms with Crippen LogP contribution in [-0.2, 0) is 4.74 Å². The summed E-state index contributed by atoms with van der Waals surface area (Å²) in [7, 11) is 0. The quantitative estimate of drug-likeness (QED) is 0.544. The van der Waals surface area contributed by atoms with Gasteiger partial charge in [0.05, 0.1) is 13.2 Å². The Labute approximate surface area is 106 Å². The van der Waals surface area contributed by atoms with Crippen molar-refractivity contribution in [2.45, 2.75) is 45.7 Å². The third-order valence-corrected chi connectivity index (χ3v) is 3.45. The van der Waals surface area contributed by atoms with Crippen LogP contribution >= 0.6 is 0 Å². The predicted molar refractivity (Wildman–Crippen MR) is 73.4 cm³/mol. The normalized spacial score (nSPS) is 26.1. The van der Waals surface area contributed by atoms with Crippen LogP contribution in [-0.4, -0.2) is 49.8 Å². The van der Waals surface area contributed by atoms with Crippen LogP contribution in [0.1, 0.15) is 33.6 Å². The van der Waals surface area contributed by atoms with Crippen molar-refractivity contribution in [2.75, 3.05) is 32.8 Å². The van der Waals surface area contributed by atoms with E-state index in [0.717, 1.165) is 31.8 Å². The Kier molecular flexibility index (Phi) is 6.78. The Morgan fingerprint density at radius 1 is 1.41 bits per heavy atom. The first kappa shape index (κ1) is 14.7. The lowest BCUT2D eigenvalue weighted by molar-refractivity contribution is 0.0715. The van der Waals surface area contributed by atoms with Crippen LogP contribution < -0.4 is 5.32 Å². The van der Waals surface area contributed by atoms with E-state index in [1.165, 1.54) is 12.8 Å². The Balaban J connectivity index is 2.28. The maximum absolute atomic E-state index is 5.60. The zero-order valence-electron chi connectivity index (χ0n) is 11.7. The molecule has 1 rings (SSSR count). The van der Waals surface area contributed by atoms with Crippen LogP contribution in [0.2, 0.25) is 0 Å². The van der Waals surface area contributed by atoms with Gasteiger partial charge in [-0.25, -0.2) is 0 Å².